The van der Waals surface area contributed by atoms with Gasteiger partial charge in [0.2, 0.25) is 23.6 Å². The first-order valence-corrected chi connectivity index (χ1v) is 16.7. The van der Waals surface area contributed by atoms with Crippen LogP contribution in [-0.2, 0) is 45.1 Å². The van der Waals surface area contributed by atoms with Crippen LogP contribution in [0.2, 0.25) is 0 Å². The van der Waals surface area contributed by atoms with Crippen LogP contribution in [0.1, 0.15) is 72.8 Å². The van der Waals surface area contributed by atoms with Gasteiger partial charge in [0, 0.05) is 51.5 Å². The molecule has 0 radical (unpaired) electrons. The highest BCUT2D eigenvalue weighted by Gasteiger charge is 2.33. The molecule has 3 aliphatic rings. The summed E-state index contributed by atoms with van der Waals surface area (Å²) in [5.41, 5.74) is 6.18. The molecular formula is C36H49N5O4. The maximum absolute atomic E-state index is 13.6. The minimum Gasteiger partial charge on any atom is -0.356 e. The fourth-order valence-electron chi connectivity index (χ4n) is 6.95. The highest BCUT2D eigenvalue weighted by Crippen LogP contribution is 2.31. The molecule has 2 unspecified atom stereocenters. The van der Waals surface area contributed by atoms with E-state index in [1.807, 2.05) is 16.8 Å². The Morgan fingerprint density at radius 1 is 1.00 bits per heavy atom. The number of nitrogens with zero attached hydrogens (tertiary/aromatic N) is 2. The molecule has 0 bridgehead atoms. The maximum Gasteiger partial charge on any atom is 0.245 e. The van der Waals surface area contributed by atoms with Crippen molar-refractivity contribution in [2.75, 3.05) is 33.2 Å². The molecule has 242 valence electrons. The molecule has 2 aromatic rings. The number of amides is 4. The average molecular weight is 616 g/mol. The lowest BCUT2D eigenvalue weighted by Gasteiger charge is -2.35. The van der Waals surface area contributed by atoms with E-state index < -0.39 is 6.04 Å². The first-order chi connectivity index (χ1) is 21.8. The molecule has 0 saturated carbocycles. The van der Waals surface area contributed by atoms with Crippen LogP contribution >= 0.6 is 0 Å². The van der Waals surface area contributed by atoms with Crippen molar-refractivity contribution in [3.63, 3.8) is 0 Å². The van der Waals surface area contributed by atoms with Crippen molar-refractivity contribution in [2.45, 2.75) is 83.8 Å². The number of fused-ring (bicyclic) bond motifs is 1. The molecule has 0 aromatic heterocycles. The number of hydrogen-bond acceptors (Lipinski definition) is 5. The van der Waals surface area contributed by atoms with Crippen LogP contribution in [0.15, 0.2) is 42.5 Å². The highest BCUT2D eigenvalue weighted by molar-refractivity contribution is 5.88. The summed E-state index contributed by atoms with van der Waals surface area (Å²) in [5.74, 6) is 0.250. The Kier molecular flexibility index (Phi) is 11.3. The first kappa shape index (κ1) is 32.7. The van der Waals surface area contributed by atoms with Gasteiger partial charge in [-0.2, -0.15) is 0 Å². The molecule has 2 atom stereocenters. The summed E-state index contributed by atoms with van der Waals surface area (Å²) in [6, 6.07) is 14.3. The number of hydrogen-bond donors (Lipinski definition) is 3. The number of rotatable bonds is 13. The molecule has 9 nitrogen and oxygen atoms in total. The molecule has 4 amide bonds. The zero-order chi connectivity index (χ0) is 31.8. The molecule has 2 fully saturated rings. The molecule has 0 aliphatic carbocycles. The Balaban J connectivity index is 1.09. The van der Waals surface area contributed by atoms with E-state index in [0.717, 1.165) is 38.5 Å². The highest BCUT2D eigenvalue weighted by atomic mass is 16.2. The third-order valence-electron chi connectivity index (χ3n) is 9.76. The van der Waals surface area contributed by atoms with Crippen LogP contribution in [0, 0.1) is 18.8 Å². The van der Waals surface area contributed by atoms with E-state index in [1.54, 1.807) is 0 Å². The summed E-state index contributed by atoms with van der Waals surface area (Å²) in [7, 11) is 1.86. The van der Waals surface area contributed by atoms with Gasteiger partial charge in [-0.25, -0.2) is 0 Å². The van der Waals surface area contributed by atoms with E-state index in [-0.39, 0.29) is 36.0 Å². The molecule has 9 heteroatoms. The van der Waals surface area contributed by atoms with Gasteiger partial charge in [0.05, 0.1) is 0 Å². The first-order valence-electron chi connectivity index (χ1n) is 16.7. The molecule has 0 spiro atoms. The van der Waals surface area contributed by atoms with Gasteiger partial charge >= 0.3 is 0 Å². The molecule has 2 aromatic carbocycles. The molecule has 2 saturated heterocycles. The molecule has 45 heavy (non-hydrogen) atoms. The van der Waals surface area contributed by atoms with Crippen molar-refractivity contribution in [1.82, 2.24) is 25.8 Å². The monoisotopic (exact) mass is 615 g/mol. The van der Waals surface area contributed by atoms with Crippen molar-refractivity contribution >= 4 is 23.6 Å². The van der Waals surface area contributed by atoms with Crippen LogP contribution in [0.25, 0.3) is 0 Å². The summed E-state index contributed by atoms with van der Waals surface area (Å²) in [5, 5.41) is 8.98. The number of piperidine rings is 1. The molecule has 3 aliphatic heterocycles. The largest absolute Gasteiger partial charge is 0.356 e. The van der Waals surface area contributed by atoms with Crippen molar-refractivity contribution in [3.8, 4) is 0 Å². The van der Waals surface area contributed by atoms with E-state index in [4.69, 9.17) is 0 Å². The second kappa shape index (κ2) is 15.5. The predicted octanol–water partition coefficient (Wildman–Crippen LogP) is 3.26. The van der Waals surface area contributed by atoms with Crippen molar-refractivity contribution in [1.29, 1.82) is 0 Å². The number of carbonyl (C=O) groups is 4. The zero-order valence-electron chi connectivity index (χ0n) is 26.9. The summed E-state index contributed by atoms with van der Waals surface area (Å²) >= 11 is 0. The summed E-state index contributed by atoms with van der Waals surface area (Å²) < 4.78 is 0. The van der Waals surface area contributed by atoms with Crippen LogP contribution in [-0.4, -0.2) is 72.7 Å². The minimum absolute atomic E-state index is 0.00445. The Labute approximate surface area is 267 Å². The van der Waals surface area contributed by atoms with E-state index in [2.05, 4.69) is 65.3 Å². The van der Waals surface area contributed by atoms with Crippen molar-refractivity contribution in [3.05, 3.63) is 70.3 Å². The van der Waals surface area contributed by atoms with Gasteiger partial charge in [0.15, 0.2) is 0 Å². The summed E-state index contributed by atoms with van der Waals surface area (Å²) in [6.07, 6.45) is 6.33. The SMILES string of the molecule is CNCCC(NC(=O)CCCc1ccc(C)cc1)C(=O)N1CCC(Cc2cccc3c2CN(C(=O)CC2CCNC2=O)C3)CC1. The molecule has 3 heterocycles. The van der Waals surface area contributed by atoms with Crippen molar-refractivity contribution < 1.29 is 19.2 Å². The van der Waals surface area contributed by atoms with Crippen LogP contribution < -0.4 is 16.0 Å². The fraction of sp³-hybridized carbons (Fsp3) is 0.556. The second-order valence-electron chi connectivity index (χ2n) is 13.1. The lowest BCUT2D eigenvalue weighted by Crippen LogP contribution is -2.51. The lowest BCUT2D eigenvalue weighted by atomic mass is 9.87. The summed E-state index contributed by atoms with van der Waals surface area (Å²) in [4.78, 5) is 55.2. The van der Waals surface area contributed by atoms with Crippen molar-refractivity contribution in [2.24, 2.45) is 11.8 Å². The Morgan fingerprint density at radius 3 is 2.49 bits per heavy atom. The van der Waals surface area contributed by atoms with Gasteiger partial charge in [-0.1, -0.05) is 48.0 Å². The molecular weight excluding hydrogens is 566 g/mol. The van der Waals surface area contributed by atoms with Gasteiger partial charge in [-0.15, -0.1) is 0 Å². The van der Waals surface area contributed by atoms with Gasteiger partial charge < -0.3 is 25.8 Å². The van der Waals surface area contributed by atoms with Gasteiger partial charge in [-0.05, 0) is 93.6 Å². The standard InChI is InChI=1S/C36H49N5O4/c1-25-9-11-26(12-10-25)5-3-8-33(42)39-32(14-17-37-2)36(45)40-19-15-27(16-20-40)21-28-6-4-7-30-23-41(24-31(28)30)34(43)22-29-13-18-38-35(29)44/h4,6-7,9-12,27,29,32,37H,3,5,8,13-24H2,1-2H3,(H,38,44)(H,39,42). The predicted molar refractivity (Wildman–Crippen MR) is 174 cm³/mol. The smallest absolute Gasteiger partial charge is 0.245 e. The van der Waals surface area contributed by atoms with E-state index in [0.29, 0.717) is 58.0 Å². The normalized spacial score (nSPS) is 18.9. The number of likely N-dealkylation sites (tertiary alicyclic amines) is 1. The van der Waals surface area contributed by atoms with Crippen LogP contribution in [0.5, 0.6) is 0 Å². The van der Waals surface area contributed by atoms with Gasteiger partial charge in [0.25, 0.3) is 0 Å². The Bertz CT molecular complexity index is 1350. The quantitative estimate of drug-likeness (QED) is 0.321. The van der Waals surface area contributed by atoms with Gasteiger partial charge in [-0.3, -0.25) is 19.2 Å². The number of aryl methyl sites for hydroxylation is 2. The number of carbonyl (C=O) groups excluding carboxylic acids is 4. The van der Waals surface area contributed by atoms with E-state index >= 15 is 0 Å². The molecule has 5 rings (SSSR count). The average Bonchev–Trinajstić information content (AvgIpc) is 3.67. The maximum atomic E-state index is 13.6. The van der Waals surface area contributed by atoms with E-state index in [9.17, 15) is 19.2 Å². The third kappa shape index (κ3) is 8.72. The van der Waals surface area contributed by atoms with Crippen LogP contribution in [0.3, 0.4) is 0 Å². The van der Waals surface area contributed by atoms with Crippen LogP contribution in [0.4, 0.5) is 0 Å². The molecule has 3 N–H and O–H groups in total. The second-order valence-corrected chi connectivity index (χ2v) is 13.1. The van der Waals surface area contributed by atoms with E-state index in [1.165, 1.54) is 27.8 Å². The lowest BCUT2D eigenvalue weighted by molar-refractivity contribution is -0.137. The number of nitrogens with one attached hydrogen (secondary N) is 3. The topological polar surface area (TPSA) is 111 Å². The Hall–Kier alpha value is -3.72. The minimum atomic E-state index is -0.517. The summed E-state index contributed by atoms with van der Waals surface area (Å²) in [6.45, 7) is 5.96. The third-order valence-corrected chi connectivity index (χ3v) is 9.76. The zero-order valence-corrected chi connectivity index (χ0v) is 26.9. The Morgan fingerprint density at radius 2 is 1.78 bits per heavy atom. The van der Waals surface area contributed by atoms with Gasteiger partial charge in [0.1, 0.15) is 6.04 Å². The fourth-order valence-corrected chi connectivity index (χ4v) is 6.95. The number of benzene rings is 2.